The largest absolute Gasteiger partial charge is 0.474 e. The maximum Gasteiger partial charge on any atom is 0.251 e. The normalized spacial score (nSPS) is 11.0. The monoisotopic (exact) mass is 248 g/mol. The number of hydrogen-bond acceptors (Lipinski definition) is 5. The Hall–Kier alpha value is -1.67. The SMILES string of the molecule is CC(C)N(CCOc1nnccc1C#N)C(C)C. The fourth-order valence-electron chi connectivity index (χ4n) is 1.87. The van der Waals surface area contributed by atoms with E-state index in [1.807, 2.05) is 6.07 Å². The fourth-order valence-corrected chi connectivity index (χ4v) is 1.87. The molecule has 0 saturated heterocycles. The molecule has 0 atom stereocenters. The van der Waals surface area contributed by atoms with Gasteiger partial charge >= 0.3 is 0 Å². The molecule has 0 saturated carbocycles. The summed E-state index contributed by atoms with van der Waals surface area (Å²) >= 11 is 0. The number of nitrogens with zero attached hydrogens (tertiary/aromatic N) is 4. The van der Waals surface area contributed by atoms with Crippen LogP contribution in [0.4, 0.5) is 0 Å². The molecule has 18 heavy (non-hydrogen) atoms. The van der Waals surface area contributed by atoms with Crippen molar-refractivity contribution in [1.82, 2.24) is 15.1 Å². The van der Waals surface area contributed by atoms with E-state index in [2.05, 4.69) is 42.8 Å². The predicted octanol–water partition coefficient (Wildman–Crippen LogP) is 1.85. The van der Waals surface area contributed by atoms with Crippen molar-refractivity contribution < 1.29 is 4.74 Å². The van der Waals surface area contributed by atoms with Gasteiger partial charge in [0, 0.05) is 18.6 Å². The van der Waals surface area contributed by atoms with Crippen LogP contribution in [0.1, 0.15) is 33.3 Å². The van der Waals surface area contributed by atoms with Gasteiger partial charge in [-0.25, -0.2) is 0 Å². The van der Waals surface area contributed by atoms with Crippen LogP contribution in [-0.4, -0.2) is 40.3 Å². The zero-order valence-corrected chi connectivity index (χ0v) is 11.4. The maximum atomic E-state index is 8.90. The van der Waals surface area contributed by atoms with E-state index in [0.717, 1.165) is 6.54 Å². The average molecular weight is 248 g/mol. The molecule has 1 rings (SSSR count). The first-order valence-electron chi connectivity index (χ1n) is 6.16. The lowest BCUT2D eigenvalue weighted by molar-refractivity contribution is 0.139. The van der Waals surface area contributed by atoms with E-state index in [1.165, 1.54) is 6.20 Å². The molecule has 5 heteroatoms. The molecule has 0 N–H and O–H groups in total. The highest BCUT2D eigenvalue weighted by atomic mass is 16.5. The van der Waals surface area contributed by atoms with Gasteiger partial charge in [0.15, 0.2) is 0 Å². The lowest BCUT2D eigenvalue weighted by atomic mass is 10.2. The van der Waals surface area contributed by atoms with Crippen LogP contribution in [0.15, 0.2) is 12.3 Å². The summed E-state index contributed by atoms with van der Waals surface area (Å²) in [4.78, 5) is 2.32. The summed E-state index contributed by atoms with van der Waals surface area (Å²) in [5, 5.41) is 16.4. The van der Waals surface area contributed by atoms with E-state index in [0.29, 0.717) is 30.1 Å². The van der Waals surface area contributed by atoms with Crippen molar-refractivity contribution in [2.75, 3.05) is 13.2 Å². The Morgan fingerprint density at radius 3 is 2.56 bits per heavy atom. The third-order valence-corrected chi connectivity index (χ3v) is 2.72. The zero-order chi connectivity index (χ0) is 13.5. The molecule has 0 spiro atoms. The fraction of sp³-hybridized carbons (Fsp3) is 0.615. The molecule has 0 unspecified atom stereocenters. The van der Waals surface area contributed by atoms with Gasteiger partial charge in [-0.15, -0.1) is 5.10 Å². The summed E-state index contributed by atoms with van der Waals surface area (Å²) in [6, 6.07) is 4.57. The minimum absolute atomic E-state index is 0.312. The van der Waals surface area contributed by atoms with Crippen LogP contribution in [0, 0.1) is 11.3 Å². The van der Waals surface area contributed by atoms with Crippen LogP contribution in [0.25, 0.3) is 0 Å². The van der Waals surface area contributed by atoms with Crippen molar-refractivity contribution in [3.63, 3.8) is 0 Å². The number of nitriles is 1. The molecule has 0 aromatic carbocycles. The van der Waals surface area contributed by atoms with E-state index in [1.54, 1.807) is 6.07 Å². The smallest absolute Gasteiger partial charge is 0.251 e. The van der Waals surface area contributed by atoms with Crippen molar-refractivity contribution in [2.45, 2.75) is 39.8 Å². The highest BCUT2D eigenvalue weighted by Crippen LogP contribution is 2.11. The third-order valence-electron chi connectivity index (χ3n) is 2.72. The topological polar surface area (TPSA) is 62.0 Å². The molecule has 0 aliphatic carbocycles. The van der Waals surface area contributed by atoms with Crippen molar-refractivity contribution >= 4 is 0 Å². The first kappa shape index (κ1) is 14.4. The second-order valence-corrected chi connectivity index (χ2v) is 4.64. The summed E-state index contributed by atoms with van der Waals surface area (Å²) in [6.07, 6.45) is 1.49. The van der Waals surface area contributed by atoms with E-state index in [-0.39, 0.29) is 0 Å². The summed E-state index contributed by atoms with van der Waals surface area (Å²) in [5.74, 6) is 0.312. The van der Waals surface area contributed by atoms with Crippen LogP contribution >= 0.6 is 0 Å². The lowest BCUT2D eigenvalue weighted by Gasteiger charge is -2.30. The molecule has 1 aromatic heterocycles. The van der Waals surface area contributed by atoms with Gasteiger partial charge in [-0.2, -0.15) is 10.4 Å². The Labute approximate surface area is 108 Å². The summed E-state index contributed by atoms with van der Waals surface area (Å²) in [5.41, 5.74) is 0.422. The van der Waals surface area contributed by atoms with Crippen molar-refractivity contribution in [1.29, 1.82) is 5.26 Å². The Bertz CT molecular complexity index is 404. The second kappa shape index (κ2) is 6.92. The summed E-state index contributed by atoms with van der Waals surface area (Å²) < 4.78 is 5.52. The van der Waals surface area contributed by atoms with Crippen LogP contribution in [0.3, 0.4) is 0 Å². The lowest BCUT2D eigenvalue weighted by Crippen LogP contribution is -2.39. The van der Waals surface area contributed by atoms with E-state index in [9.17, 15) is 0 Å². The first-order chi connectivity index (χ1) is 8.56. The maximum absolute atomic E-state index is 8.90. The van der Waals surface area contributed by atoms with E-state index < -0.39 is 0 Å². The number of hydrogen-bond donors (Lipinski definition) is 0. The van der Waals surface area contributed by atoms with Crippen molar-refractivity contribution in [3.8, 4) is 11.9 Å². The molecule has 5 nitrogen and oxygen atoms in total. The van der Waals surface area contributed by atoms with Gasteiger partial charge in [0.25, 0.3) is 5.88 Å². The van der Waals surface area contributed by atoms with Crippen molar-refractivity contribution in [3.05, 3.63) is 17.8 Å². The number of rotatable bonds is 6. The van der Waals surface area contributed by atoms with Gasteiger partial charge in [0.1, 0.15) is 18.2 Å². The quantitative estimate of drug-likeness (QED) is 0.768. The molecular formula is C13H20N4O. The second-order valence-electron chi connectivity index (χ2n) is 4.64. The molecule has 0 amide bonds. The van der Waals surface area contributed by atoms with Gasteiger partial charge in [-0.1, -0.05) is 0 Å². The predicted molar refractivity (Wildman–Crippen MR) is 69.2 cm³/mol. The first-order valence-corrected chi connectivity index (χ1v) is 6.16. The van der Waals surface area contributed by atoms with Gasteiger partial charge in [0.05, 0.1) is 6.20 Å². The Morgan fingerprint density at radius 2 is 2.00 bits per heavy atom. The van der Waals surface area contributed by atoms with Gasteiger partial charge < -0.3 is 4.74 Å². The molecule has 0 bridgehead atoms. The number of aromatic nitrogens is 2. The molecular weight excluding hydrogens is 228 g/mol. The minimum Gasteiger partial charge on any atom is -0.474 e. The molecule has 0 aliphatic rings. The minimum atomic E-state index is 0.312. The van der Waals surface area contributed by atoms with E-state index >= 15 is 0 Å². The van der Waals surface area contributed by atoms with Gasteiger partial charge in [0.2, 0.25) is 0 Å². The standard InChI is InChI=1S/C13H20N4O/c1-10(2)17(11(3)4)7-8-18-13-12(9-14)5-6-15-16-13/h5-6,10-11H,7-8H2,1-4H3. The van der Waals surface area contributed by atoms with Gasteiger partial charge in [-0.3, -0.25) is 4.90 Å². The summed E-state index contributed by atoms with van der Waals surface area (Å²) in [7, 11) is 0. The zero-order valence-electron chi connectivity index (χ0n) is 11.4. The highest BCUT2D eigenvalue weighted by molar-refractivity contribution is 5.35. The Morgan fingerprint density at radius 1 is 1.33 bits per heavy atom. The molecule has 1 heterocycles. The molecule has 1 aromatic rings. The molecule has 0 fully saturated rings. The molecule has 0 aliphatic heterocycles. The molecule has 0 radical (unpaired) electrons. The number of ether oxygens (including phenoxy) is 1. The van der Waals surface area contributed by atoms with Gasteiger partial charge in [-0.05, 0) is 33.8 Å². The van der Waals surface area contributed by atoms with E-state index in [4.69, 9.17) is 10.00 Å². The average Bonchev–Trinajstić information content (AvgIpc) is 2.34. The third kappa shape index (κ3) is 3.97. The van der Waals surface area contributed by atoms with Crippen LogP contribution in [-0.2, 0) is 0 Å². The highest BCUT2D eigenvalue weighted by Gasteiger charge is 2.13. The summed E-state index contributed by atoms with van der Waals surface area (Å²) in [6.45, 7) is 9.93. The molecule has 98 valence electrons. The van der Waals surface area contributed by atoms with Crippen LogP contribution in [0.5, 0.6) is 5.88 Å². The van der Waals surface area contributed by atoms with Crippen LogP contribution in [0.2, 0.25) is 0 Å². The Balaban J connectivity index is 2.53. The Kier molecular flexibility index (Phi) is 5.53. The van der Waals surface area contributed by atoms with Crippen molar-refractivity contribution in [2.24, 2.45) is 0 Å². The van der Waals surface area contributed by atoms with Crippen LogP contribution < -0.4 is 4.74 Å².